The van der Waals surface area contributed by atoms with E-state index in [4.69, 9.17) is 0 Å². The van der Waals surface area contributed by atoms with Crippen LogP contribution in [0, 0.1) is 0 Å². The van der Waals surface area contributed by atoms with Gasteiger partial charge in [-0.15, -0.1) is 0 Å². The van der Waals surface area contributed by atoms with Crippen LogP contribution in [-0.4, -0.2) is 35.0 Å². The van der Waals surface area contributed by atoms with Crippen molar-refractivity contribution < 1.29 is 4.79 Å². The molecule has 2 aliphatic rings. The van der Waals surface area contributed by atoms with Gasteiger partial charge < -0.3 is 9.80 Å². The molecule has 5 heteroatoms. The van der Waals surface area contributed by atoms with Crippen LogP contribution in [-0.2, 0) is 11.2 Å². The highest BCUT2D eigenvalue weighted by Gasteiger charge is 2.31. The summed E-state index contributed by atoms with van der Waals surface area (Å²) in [6.07, 6.45) is 5.45. The zero-order valence-electron chi connectivity index (χ0n) is 15.5. The third-order valence-electron chi connectivity index (χ3n) is 5.04. The van der Waals surface area contributed by atoms with Crippen LogP contribution in [0.15, 0.2) is 64.0 Å². The number of nitrogens with zero attached hydrogens (tertiary/aromatic N) is 3. The van der Waals surface area contributed by atoms with E-state index in [0.717, 1.165) is 28.8 Å². The van der Waals surface area contributed by atoms with Crippen molar-refractivity contribution in [3.8, 4) is 0 Å². The van der Waals surface area contributed by atoms with Crippen molar-refractivity contribution in [2.75, 3.05) is 13.6 Å². The van der Waals surface area contributed by atoms with Crippen molar-refractivity contribution in [2.45, 2.75) is 32.7 Å². The molecule has 0 spiro atoms. The largest absolute Gasteiger partial charge is 0.333 e. The third-order valence-corrected chi connectivity index (χ3v) is 5.26. The molecular formula is C21H24BrN3O. The number of benzene rings is 1. The minimum atomic E-state index is -0.0165. The van der Waals surface area contributed by atoms with Crippen LogP contribution in [0.4, 0.5) is 0 Å². The fourth-order valence-corrected chi connectivity index (χ4v) is 3.75. The zero-order valence-corrected chi connectivity index (χ0v) is 17.1. The Hall–Kier alpha value is -2.14. The van der Waals surface area contributed by atoms with Crippen molar-refractivity contribution in [3.63, 3.8) is 0 Å². The molecule has 1 aromatic rings. The number of hydrogen-bond donors (Lipinski definition) is 0. The molecule has 2 heterocycles. The molecule has 1 amide bonds. The molecule has 1 atom stereocenters. The second-order valence-corrected chi connectivity index (χ2v) is 7.64. The zero-order chi connectivity index (χ0) is 18.8. The molecule has 3 rings (SSSR count). The van der Waals surface area contributed by atoms with E-state index >= 15 is 0 Å². The van der Waals surface area contributed by atoms with Crippen molar-refractivity contribution >= 4 is 27.5 Å². The van der Waals surface area contributed by atoms with Gasteiger partial charge in [-0.05, 0) is 43.0 Å². The summed E-state index contributed by atoms with van der Waals surface area (Å²) in [7, 11) is 1.96. The predicted octanol–water partition coefficient (Wildman–Crippen LogP) is 4.56. The number of aliphatic imine (C=N–C) groups is 1. The topological polar surface area (TPSA) is 35.9 Å². The molecule has 4 nitrogen and oxygen atoms in total. The fraction of sp³-hybridized carbons (Fsp3) is 0.333. The van der Waals surface area contributed by atoms with E-state index in [-0.39, 0.29) is 11.9 Å². The molecular weight excluding hydrogens is 390 g/mol. The molecule has 0 aliphatic carbocycles. The summed E-state index contributed by atoms with van der Waals surface area (Å²) in [6.45, 7) is 8.74. The first-order valence-corrected chi connectivity index (χ1v) is 9.69. The number of amides is 1. The van der Waals surface area contributed by atoms with Crippen LogP contribution in [0.3, 0.4) is 0 Å². The lowest BCUT2D eigenvalue weighted by Crippen LogP contribution is -2.43. The highest BCUT2D eigenvalue weighted by molar-refractivity contribution is 9.11. The number of halogens is 1. The smallest absolute Gasteiger partial charge is 0.273 e. The first-order valence-electron chi connectivity index (χ1n) is 8.90. The van der Waals surface area contributed by atoms with Crippen molar-refractivity contribution in [1.29, 1.82) is 0 Å². The second-order valence-electron chi connectivity index (χ2n) is 6.62. The summed E-state index contributed by atoms with van der Waals surface area (Å²) in [5.41, 5.74) is 4.11. The Morgan fingerprint density at radius 3 is 2.85 bits per heavy atom. The van der Waals surface area contributed by atoms with Crippen molar-refractivity contribution in [2.24, 2.45) is 4.99 Å². The van der Waals surface area contributed by atoms with Gasteiger partial charge in [0.1, 0.15) is 11.5 Å². The summed E-state index contributed by atoms with van der Waals surface area (Å²) >= 11 is 3.36. The van der Waals surface area contributed by atoms with Crippen LogP contribution in [0.1, 0.15) is 37.4 Å². The minimum Gasteiger partial charge on any atom is -0.333 e. The molecule has 0 aromatic heterocycles. The highest BCUT2D eigenvalue weighted by Crippen LogP contribution is 2.30. The van der Waals surface area contributed by atoms with E-state index in [0.29, 0.717) is 12.3 Å². The standard InChI is InChI=1S/C21H24BrN3O/c1-5-17-13-19(23-20(24(17)4)12-14(2)22)21(26)25-11-10-16-8-6-7-9-18(16)15(25)3/h6-9,12-13,15H,2,5,10-11H2,1,3-4H3/b20-12-. The molecule has 136 valence electrons. The molecule has 0 radical (unpaired) electrons. The average molecular weight is 414 g/mol. The monoisotopic (exact) mass is 413 g/mol. The number of allylic oxidation sites excluding steroid dienone is 3. The van der Waals surface area contributed by atoms with Gasteiger partial charge in [-0.25, -0.2) is 4.99 Å². The lowest BCUT2D eigenvalue weighted by molar-refractivity contribution is -0.126. The van der Waals surface area contributed by atoms with E-state index in [9.17, 15) is 4.79 Å². The molecule has 0 saturated carbocycles. The Morgan fingerprint density at radius 2 is 2.15 bits per heavy atom. The Labute approximate surface area is 163 Å². The predicted molar refractivity (Wildman–Crippen MR) is 110 cm³/mol. The summed E-state index contributed by atoms with van der Waals surface area (Å²) in [4.78, 5) is 21.8. The van der Waals surface area contributed by atoms with Crippen molar-refractivity contribution in [1.82, 2.24) is 9.80 Å². The number of hydrogen-bond acceptors (Lipinski definition) is 3. The van der Waals surface area contributed by atoms with Crippen LogP contribution >= 0.6 is 15.9 Å². The number of carbonyl (C=O) groups excluding carboxylic acids is 1. The Balaban J connectivity index is 1.94. The van der Waals surface area contributed by atoms with E-state index in [1.165, 1.54) is 11.1 Å². The molecule has 1 aromatic carbocycles. The Kier molecular flexibility index (Phi) is 5.47. The molecule has 0 bridgehead atoms. The molecule has 0 saturated heterocycles. The lowest BCUT2D eigenvalue weighted by atomic mass is 9.93. The summed E-state index contributed by atoms with van der Waals surface area (Å²) < 4.78 is 0.729. The van der Waals surface area contributed by atoms with Crippen LogP contribution < -0.4 is 0 Å². The normalized spacial score (nSPS) is 21.2. The quantitative estimate of drug-likeness (QED) is 0.727. The highest BCUT2D eigenvalue weighted by atomic mass is 79.9. The summed E-state index contributed by atoms with van der Waals surface area (Å²) in [5, 5.41) is 0. The van der Waals surface area contributed by atoms with E-state index in [1.807, 2.05) is 35.1 Å². The van der Waals surface area contributed by atoms with Gasteiger partial charge in [-0.1, -0.05) is 53.7 Å². The van der Waals surface area contributed by atoms with E-state index in [2.05, 4.69) is 59.5 Å². The summed E-state index contributed by atoms with van der Waals surface area (Å²) in [5.74, 6) is 0.705. The van der Waals surface area contributed by atoms with Crippen LogP contribution in [0.25, 0.3) is 0 Å². The molecule has 2 aliphatic heterocycles. The molecule has 0 N–H and O–H groups in total. The Morgan fingerprint density at radius 1 is 1.42 bits per heavy atom. The van der Waals surface area contributed by atoms with Gasteiger partial charge in [0.15, 0.2) is 0 Å². The van der Waals surface area contributed by atoms with Gasteiger partial charge >= 0.3 is 0 Å². The van der Waals surface area contributed by atoms with Gasteiger partial charge in [0.2, 0.25) is 0 Å². The second kappa shape index (κ2) is 7.62. The van der Waals surface area contributed by atoms with Crippen LogP contribution in [0.2, 0.25) is 0 Å². The maximum absolute atomic E-state index is 13.2. The minimum absolute atomic E-state index is 0.0165. The van der Waals surface area contributed by atoms with Gasteiger partial charge in [0.25, 0.3) is 5.91 Å². The third kappa shape index (κ3) is 3.54. The molecule has 1 unspecified atom stereocenters. The first kappa shape index (κ1) is 18.6. The molecule has 26 heavy (non-hydrogen) atoms. The maximum Gasteiger partial charge on any atom is 0.273 e. The fourth-order valence-electron chi connectivity index (χ4n) is 3.55. The average Bonchev–Trinajstić information content (AvgIpc) is 2.63. The van der Waals surface area contributed by atoms with Crippen LogP contribution in [0.5, 0.6) is 0 Å². The van der Waals surface area contributed by atoms with E-state index in [1.54, 1.807) is 0 Å². The van der Waals surface area contributed by atoms with Gasteiger partial charge in [0.05, 0.1) is 6.04 Å². The summed E-state index contributed by atoms with van der Waals surface area (Å²) in [6, 6.07) is 8.41. The first-order chi connectivity index (χ1) is 12.4. The van der Waals surface area contributed by atoms with Gasteiger partial charge in [0, 0.05) is 23.8 Å². The van der Waals surface area contributed by atoms with Gasteiger partial charge in [-0.2, -0.15) is 0 Å². The van der Waals surface area contributed by atoms with E-state index < -0.39 is 0 Å². The number of fused-ring (bicyclic) bond motifs is 1. The maximum atomic E-state index is 13.2. The Bertz CT molecular complexity index is 837. The molecule has 0 fully saturated rings. The van der Waals surface area contributed by atoms with Gasteiger partial charge in [-0.3, -0.25) is 4.79 Å². The number of rotatable bonds is 3. The lowest BCUT2D eigenvalue weighted by Gasteiger charge is -2.36. The SMILES string of the molecule is C=C(Br)/C=C1/N=C(C(=O)N2CCc3ccccc3C2C)C=C(CC)N1C. The number of carbonyl (C=O) groups is 1. The van der Waals surface area contributed by atoms with Crippen molar-refractivity contribution in [3.05, 3.63) is 70.1 Å².